The molecule has 3 heterocycles. The van der Waals surface area contributed by atoms with E-state index in [2.05, 4.69) is 10.2 Å². The number of carbonyl (C=O) groups is 1. The first-order valence-corrected chi connectivity index (χ1v) is 8.81. The van der Waals surface area contributed by atoms with Crippen LogP contribution in [0.15, 0.2) is 36.5 Å². The molecule has 26 heavy (non-hydrogen) atoms. The minimum Gasteiger partial charge on any atom is -0.331 e. The van der Waals surface area contributed by atoms with E-state index in [1.807, 2.05) is 67.0 Å². The highest BCUT2D eigenvalue weighted by atomic mass is 16.2. The van der Waals surface area contributed by atoms with Crippen molar-refractivity contribution in [1.29, 1.82) is 0 Å². The first-order valence-electron chi connectivity index (χ1n) is 8.81. The van der Waals surface area contributed by atoms with E-state index in [1.54, 1.807) is 4.68 Å². The van der Waals surface area contributed by atoms with Gasteiger partial charge in [0.25, 0.3) is 0 Å². The van der Waals surface area contributed by atoms with Crippen molar-refractivity contribution in [3.05, 3.63) is 53.6 Å². The van der Waals surface area contributed by atoms with Crippen LogP contribution in [0.2, 0.25) is 0 Å². The number of aromatic nitrogens is 5. The Balaban J connectivity index is 1.56. The molecular weight excluding hydrogens is 328 g/mol. The number of benzene rings is 1. The lowest BCUT2D eigenvalue weighted by Gasteiger charge is -2.33. The predicted molar refractivity (Wildman–Crippen MR) is 97.2 cm³/mol. The predicted octanol–water partition coefficient (Wildman–Crippen LogP) is 2.13. The SMILES string of the molecule is Cc1nn(C)cc1CC(=O)N1CCn2nc(-c3ccccc3)nc2[C@@H]1C. The fraction of sp³-hybridized carbons (Fsp3) is 0.368. The molecule has 0 aliphatic carbocycles. The lowest BCUT2D eigenvalue weighted by molar-refractivity contribution is -0.133. The molecule has 4 rings (SSSR count). The van der Waals surface area contributed by atoms with Gasteiger partial charge in [-0.05, 0) is 13.8 Å². The van der Waals surface area contributed by atoms with E-state index in [-0.39, 0.29) is 11.9 Å². The Kier molecular flexibility index (Phi) is 4.06. The van der Waals surface area contributed by atoms with Crippen LogP contribution in [-0.4, -0.2) is 41.9 Å². The van der Waals surface area contributed by atoms with Crippen molar-refractivity contribution in [2.24, 2.45) is 7.05 Å². The molecular formula is C19H22N6O. The van der Waals surface area contributed by atoms with Crippen molar-refractivity contribution in [3.63, 3.8) is 0 Å². The normalized spacial score (nSPS) is 16.6. The summed E-state index contributed by atoms with van der Waals surface area (Å²) in [6, 6.07) is 9.83. The summed E-state index contributed by atoms with van der Waals surface area (Å²) in [5.74, 6) is 1.65. The Labute approximate surface area is 152 Å². The summed E-state index contributed by atoms with van der Waals surface area (Å²) in [7, 11) is 1.87. The lowest BCUT2D eigenvalue weighted by atomic mass is 10.1. The first-order chi connectivity index (χ1) is 12.5. The molecule has 134 valence electrons. The Morgan fingerprint density at radius 1 is 1.19 bits per heavy atom. The van der Waals surface area contributed by atoms with Crippen molar-refractivity contribution < 1.29 is 4.79 Å². The zero-order valence-electron chi connectivity index (χ0n) is 15.3. The molecule has 0 fully saturated rings. The van der Waals surface area contributed by atoms with Gasteiger partial charge < -0.3 is 4.90 Å². The minimum atomic E-state index is -0.0989. The van der Waals surface area contributed by atoms with Crippen molar-refractivity contribution >= 4 is 5.91 Å². The molecule has 2 aromatic heterocycles. The highest BCUT2D eigenvalue weighted by molar-refractivity contribution is 5.79. The van der Waals surface area contributed by atoms with E-state index < -0.39 is 0 Å². The van der Waals surface area contributed by atoms with E-state index in [1.165, 1.54) is 0 Å². The van der Waals surface area contributed by atoms with E-state index in [4.69, 9.17) is 4.98 Å². The van der Waals surface area contributed by atoms with E-state index in [0.717, 1.165) is 22.6 Å². The molecule has 0 N–H and O–H groups in total. The molecule has 0 saturated carbocycles. The summed E-state index contributed by atoms with van der Waals surface area (Å²) in [6.07, 6.45) is 2.28. The summed E-state index contributed by atoms with van der Waals surface area (Å²) < 4.78 is 3.67. The molecule has 7 nitrogen and oxygen atoms in total. The number of carbonyl (C=O) groups excluding carboxylic acids is 1. The van der Waals surface area contributed by atoms with Gasteiger partial charge in [-0.3, -0.25) is 9.48 Å². The molecule has 0 radical (unpaired) electrons. The first kappa shape index (κ1) is 16.5. The minimum absolute atomic E-state index is 0.0989. The van der Waals surface area contributed by atoms with Gasteiger partial charge in [-0.25, -0.2) is 9.67 Å². The van der Waals surface area contributed by atoms with Crippen LogP contribution in [0.5, 0.6) is 0 Å². The number of hydrogen-bond donors (Lipinski definition) is 0. The molecule has 1 aliphatic rings. The second kappa shape index (κ2) is 6.40. The zero-order valence-corrected chi connectivity index (χ0v) is 15.3. The zero-order chi connectivity index (χ0) is 18.3. The fourth-order valence-corrected chi connectivity index (χ4v) is 3.50. The number of amides is 1. The number of rotatable bonds is 3. The third-order valence-electron chi connectivity index (χ3n) is 4.90. The second-order valence-corrected chi connectivity index (χ2v) is 6.74. The summed E-state index contributed by atoms with van der Waals surface area (Å²) in [4.78, 5) is 19.5. The third-order valence-corrected chi connectivity index (χ3v) is 4.90. The molecule has 7 heteroatoms. The molecule has 0 saturated heterocycles. The van der Waals surface area contributed by atoms with Crippen molar-refractivity contribution in [2.75, 3.05) is 6.54 Å². The van der Waals surface area contributed by atoms with Gasteiger partial charge in [0.05, 0.1) is 24.7 Å². The third kappa shape index (κ3) is 2.89. The summed E-state index contributed by atoms with van der Waals surface area (Å²) in [5.41, 5.74) is 2.87. The highest BCUT2D eigenvalue weighted by Crippen LogP contribution is 2.27. The standard InChI is InChI=1S/C19H22N6O/c1-13-16(12-23(3)21-13)11-17(26)24-9-10-25-19(14(24)2)20-18(22-25)15-7-5-4-6-8-15/h4-8,12,14H,9-11H2,1-3H3/t14-/m0/s1. The van der Waals surface area contributed by atoms with E-state index >= 15 is 0 Å². The van der Waals surface area contributed by atoms with E-state index in [9.17, 15) is 4.79 Å². The summed E-state index contributed by atoms with van der Waals surface area (Å²) in [6.45, 7) is 5.26. The van der Waals surface area contributed by atoms with Gasteiger partial charge in [-0.2, -0.15) is 10.2 Å². The molecule has 1 atom stereocenters. The topological polar surface area (TPSA) is 68.8 Å². The molecule has 0 spiro atoms. The van der Waals surface area contributed by atoms with Crippen LogP contribution in [0.3, 0.4) is 0 Å². The monoisotopic (exact) mass is 350 g/mol. The second-order valence-electron chi connectivity index (χ2n) is 6.74. The van der Waals surface area contributed by atoms with Gasteiger partial charge in [0.15, 0.2) is 5.82 Å². The maximum atomic E-state index is 12.9. The molecule has 3 aromatic rings. The van der Waals surface area contributed by atoms with Gasteiger partial charge in [0.1, 0.15) is 5.82 Å². The Hall–Kier alpha value is -2.96. The van der Waals surface area contributed by atoms with Crippen molar-refractivity contribution in [2.45, 2.75) is 32.9 Å². The Morgan fingerprint density at radius 3 is 2.65 bits per heavy atom. The largest absolute Gasteiger partial charge is 0.331 e. The van der Waals surface area contributed by atoms with Crippen molar-refractivity contribution in [1.82, 2.24) is 29.4 Å². The average molecular weight is 350 g/mol. The van der Waals surface area contributed by atoms with Crippen molar-refractivity contribution in [3.8, 4) is 11.4 Å². The van der Waals surface area contributed by atoms with E-state index in [0.29, 0.717) is 25.3 Å². The van der Waals surface area contributed by atoms with Crippen LogP contribution in [0.1, 0.15) is 30.0 Å². The number of aryl methyl sites for hydroxylation is 2. The highest BCUT2D eigenvalue weighted by Gasteiger charge is 2.31. The molecule has 0 bridgehead atoms. The molecule has 1 aliphatic heterocycles. The number of nitrogens with zero attached hydrogens (tertiary/aromatic N) is 6. The molecule has 0 unspecified atom stereocenters. The van der Waals surface area contributed by atoms with Gasteiger partial charge in [-0.15, -0.1) is 0 Å². The maximum Gasteiger partial charge on any atom is 0.227 e. The molecule has 1 amide bonds. The summed E-state index contributed by atoms with van der Waals surface area (Å²) in [5, 5.41) is 8.94. The van der Waals surface area contributed by atoms with Gasteiger partial charge >= 0.3 is 0 Å². The van der Waals surface area contributed by atoms with Crippen LogP contribution in [0.4, 0.5) is 0 Å². The quantitative estimate of drug-likeness (QED) is 0.726. The number of hydrogen-bond acceptors (Lipinski definition) is 4. The Bertz CT molecular complexity index is 942. The fourth-order valence-electron chi connectivity index (χ4n) is 3.50. The number of fused-ring (bicyclic) bond motifs is 1. The Morgan fingerprint density at radius 2 is 1.96 bits per heavy atom. The van der Waals surface area contributed by atoms with Gasteiger partial charge in [0, 0.05) is 30.9 Å². The summed E-state index contributed by atoms with van der Waals surface area (Å²) >= 11 is 0. The maximum absolute atomic E-state index is 12.9. The van der Waals surface area contributed by atoms with Crippen LogP contribution in [0.25, 0.3) is 11.4 Å². The average Bonchev–Trinajstić information content (AvgIpc) is 3.19. The van der Waals surface area contributed by atoms with Crippen LogP contribution < -0.4 is 0 Å². The smallest absolute Gasteiger partial charge is 0.227 e. The van der Waals surface area contributed by atoms with Crippen LogP contribution in [-0.2, 0) is 24.8 Å². The van der Waals surface area contributed by atoms with Crippen LogP contribution in [0, 0.1) is 6.92 Å². The van der Waals surface area contributed by atoms with Crippen LogP contribution >= 0.6 is 0 Å². The van der Waals surface area contributed by atoms with Gasteiger partial charge in [0.2, 0.25) is 5.91 Å². The van der Waals surface area contributed by atoms with Gasteiger partial charge in [-0.1, -0.05) is 30.3 Å². The lowest BCUT2D eigenvalue weighted by Crippen LogP contribution is -2.42. The molecule has 1 aromatic carbocycles.